The van der Waals surface area contributed by atoms with Crippen molar-refractivity contribution in [3.8, 4) is 0 Å². The van der Waals surface area contributed by atoms with Gasteiger partial charge in [0.15, 0.2) is 0 Å². The Kier molecular flexibility index (Phi) is 5.36. The number of fused-ring (bicyclic) bond motifs is 1. The van der Waals surface area contributed by atoms with Crippen molar-refractivity contribution >= 4 is 22.3 Å². The summed E-state index contributed by atoms with van der Waals surface area (Å²) in [6.07, 6.45) is 0. The minimum atomic E-state index is 0.680. The van der Waals surface area contributed by atoms with Crippen LogP contribution >= 0.6 is 0 Å². The maximum Gasteiger partial charge on any atom is 0.0727 e. The minimum absolute atomic E-state index is 0.680. The average molecular weight is 288 g/mol. The van der Waals surface area contributed by atoms with E-state index in [0.717, 1.165) is 47.7 Å². The molecule has 0 amide bonds. The van der Waals surface area contributed by atoms with Crippen LogP contribution in [0.4, 0.5) is 11.4 Å². The number of nitrogen functional groups attached to an aromatic ring is 1. The second-order valence-corrected chi connectivity index (χ2v) is 5.43. The smallest absolute Gasteiger partial charge is 0.0727 e. The number of aryl methyl sites for hydroxylation is 1. The van der Waals surface area contributed by atoms with Gasteiger partial charge in [-0.15, -0.1) is 0 Å². The fraction of sp³-hybridized carbons (Fsp3) is 0.438. The minimum Gasteiger partial charge on any atom is -0.399 e. The predicted molar refractivity (Wildman–Crippen MR) is 88.8 cm³/mol. The third kappa shape index (κ3) is 4.58. The number of nitrogens with one attached hydrogen (secondary N) is 1. The molecule has 5 heteroatoms. The Morgan fingerprint density at radius 2 is 2.05 bits per heavy atom. The normalized spacial score (nSPS) is 11.2. The van der Waals surface area contributed by atoms with Gasteiger partial charge in [0, 0.05) is 35.5 Å². The van der Waals surface area contributed by atoms with E-state index in [2.05, 4.69) is 15.2 Å². The standard InChI is InChI=1S/C16H24N4O/c1-12-10-16(18-6-8-21-9-7-20(2)3)14-11-13(17)4-5-15(14)19-12/h4-5,10-11H,6-9,17H2,1-3H3,(H,18,19). The Labute approximate surface area is 126 Å². The van der Waals surface area contributed by atoms with Crippen LogP contribution in [-0.2, 0) is 4.74 Å². The van der Waals surface area contributed by atoms with Crippen LogP contribution in [0.3, 0.4) is 0 Å². The third-order valence-corrected chi connectivity index (χ3v) is 3.21. The summed E-state index contributed by atoms with van der Waals surface area (Å²) in [4.78, 5) is 6.63. The molecule has 0 fully saturated rings. The first kappa shape index (κ1) is 15.5. The van der Waals surface area contributed by atoms with E-state index < -0.39 is 0 Å². The predicted octanol–water partition coefficient (Wildman–Crippen LogP) is 2.12. The number of hydrogen-bond acceptors (Lipinski definition) is 5. The number of hydrogen-bond donors (Lipinski definition) is 2. The molecule has 0 bridgehead atoms. The van der Waals surface area contributed by atoms with Gasteiger partial charge in [0.25, 0.3) is 0 Å². The monoisotopic (exact) mass is 288 g/mol. The van der Waals surface area contributed by atoms with Crippen molar-refractivity contribution in [1.82, 2.24) is 9.88 Å². The van der Waals surface area contributed by atoms with Crippen LogP contribution in [0.15, 0.2) is 24.3 Å². The van der Waals surface area contributed by atoms with Gasteiger partial charge in [0.2, 0.25) is 0 Å². The van der Waals surface area contributed by atoms with Crippen LogP contribution < -0.4 is 11.1 Å². The van der Waals surface area contributed by atoms with Gasteiger partial charge in [-0.2, -0.15) is 0 Å². The Bertz CT molecular complexity index is 598. The molecule has 0 saturated carbocycles. The second kappa shape index (κ2) is 7.24. The molecule has 0 atom stereocenters. The average Bonchev–Trinajstić information content (AvgIpc) is 2.42. The van der Waals surface area contributed by atoms with Crippen molar-refractivity contribution in [2.75, 3.05) is 51.4 Å². The zero-order valence-corrected chi connectivity index (χ0v) is 13.0. The van der Waals surface area contributed by atoms with E-state index in [9.17, 15) is 0 Å². The summed E-state index contributed by atoms with van der Waals surface area (Å²) in [6, 6.07) is 7.83. The molecule has 0 aliphatic carbocycles. The summed E-state index contributed by atoms with van der Waals surface area (Å²) in [5.41, 5.74) is 9.62. The Balaban J connectivity index is 1.96. The molecule has 21 heavy (non-hydrogen) atoms. The van der Waals surface area contributed by atoms with Crippen molar-refractivity contribution in [2.45, 2.75) is 6.92 Å². The number of likely N-dealkylation sites (N-methyl/N-ethyl adjacent to an activating group) is 1. The van der Waals surface area contributed by atoms with Gasteiger partial charge in [-0.1, -0.05) is 0 Å². The highest BCUT2D eigenvalue weighted by molar-refractivity contribution is 5.93. The first-order chi connectivity index (χ1) is 10.1. The van der Waals surface area contributed by atoms with Gasteiger partial charge in [0.1, 0.15) is 0 Å². The van der Waals surface area contributed by atoms with Crippen LogP contribution in [0.1, 0.15) is 5.69 Å². The molecule has 2 aromatic rings. The molecule has 5 nitrogen and oxygen atoms in total. The topological polar surface area (TPSA) is 63.4 Å². The van der Waals surface area contributed by atoms with E-state index in [1.807, 2.05) is 45.3 Å². The summed E-state index contributed by atoms with van der Waals surface area (Å²) < 4.78 is 5.59. The van der Waals surface area contributed by atoms with Gasteiger partial charge in [-0.3, -0.25) is 4.98 Å². The van der Waals surface area contributed by atoms with Crippen molar-refractivity contribution < 1.29 is 4.74 Å². The number of nitrogens with zero attached hydrogens (tertiary/aromatic N) is 2. The summed E-state index contributed by atoms with van der Waals surface area (Å²) >= 11 is 0. The third-order valence-electron chi connectivity index (χ3n) is 3.21. The van der Waals surface area contributed by atoms with E-state index in [0.29, 0.717) is 6.61 Å². The first-order valence-electron chi connectivity index (χ1n) is 7.19. The van der Waals surface area contributed by atoms with E-state index in [-0.39, 0.29) is 0 Å². The molecule has 1 aromatic heterocycles. The number of pyridine rings is 1. The van der Waals surface area contributed by atoms with Crippen LogP contribution in [0.25, 0.3) is 10.9 Å². The highest BCUT2D eigenvalue weighted by atomic mass is 16.5. The lowest BCUT2D eigenvalue weighted by Gasteiger charge is -2.13. The fourth-order valence-electron chi connectivity index (χ4n) is 2.13. The molecule has 0 spiro atoms. The molecule has 114 valence electrons. The molecular weight excluding hydrogens is 264 g/mol. The van der Waals surface area contributed by atoms with E-state index >= 15 is 0 Å². The maximum atomic E-state index is 5.87. The summed E-state index contributed by atoms with van der Waals surface area (Å²) in [7, 11) is 4.08. The SMILES string of the molecule is Cc1cc(NCCOCCN(C)C)c2cc(N)ccc2n1. The summed E-state index contributed by atoms with van der Waals surface area (Å²) in [6.45, 7) is 5.12. The summed E-state index contributed by atoms with van der Waals surface area (Å²) in [5.74, 6) is 0. The molecule has 3 N–H and O–H groups in total. The molecule has 2 rings (SSSR count). The molecule has 0 saturated heterocycles. The molecule has 0 radical (unpaired) electrons. The van der Waals surface area contributed by atoms with Gasteiger partial charge < -0.3 is 20.7 Å². The van der Waals surface area contributed by atoms with Crippen LogP contribution in [-0.4, -0.2) is 50.3 Å². The Hall–Kier alpha value is -1.85. The van der Waals surface area contributed by atoms with E-state index in [1.54, 1.807) is 0 Å². The Morgan fingerprint density at radius 1 is 1.24 bits per heavy atom. The lowest BCUT2D eigenvalue weighted by atomic mass is 10.1. The Morgan fingerprint density at radius 3 is 2.81 bits per heavy atom. The number of aromatic nitrogens is 1. The largest absolute Gasteiger partial charge is 0.399 e. The van der Waals surface area contributed by atoms with Gasteiger partial charge >= 0.3 is 0 Å². The second-order valence-electron chi connectivity index (χ2n) is 5.43. The van der Waals surface area contributed by atoms with Gasteiger partial charge in [0.05, 0.1) is 18.7 Å². The number of rotatable bonds is 7. The fourth-order valence-corrected chi connectivity index (χ4v) is 2.13. The number of nitrogens with two attached hydrogens (primary N) is 1. The molecule has 0 aliphatic rings. The van der Waals surface area contributed by atoms with Crippen LogP contribution in [0.2, 0.25) is 0 Å². The molecule has 1 aromatic carbocycles. The van der Waals surface area contributed by atoms with Crippen molar-refractivity contribution in [3.05, 3.63) is 30.0 Å². The van der Waals surface area contributed by atoms with Crippen LogP contribution in [0.5, 0.6) is 0 Å². The zero-order valence-electron chi connectivity index (χ0n) is 13.0. The highest BCUT2D eigenvalue weighted by Crippen LogP contribution is 2.25. The lowest BCUT2D eigenvalue weighted by Crippen LogP contribution is -2.20. The quantitative estimate of drug-likeness (QED) is 0.603. The lowest BCUT2D eigenvalue weighted by molar-refractivity contribution is 0.126. The molecular formula is C16H24N4O. The van der Waals surface area contributed by atoms with E-state index in [4.69, 9.17) is 10.5 Å². The summed E-state index contributed by atoms with van der Waals surface area (Å²) in [5, 5.41) is 4.46. The maximum absolute atomic E-state index is 5.87. The van der Waals surface area contributed by atoms with E-state index in [1.165, 1.54) is 0 Å². The highest BCUT2D eigenvalue weighted by Gasteiger charge is 2.04. The number of benzene rings is 1. The zero-order chi connectivity index (χ0) is 15.2. The first-order valence-corrected chi connectivity index (χ1v) is 7.19. The van der Waals surface area contributed by atoms with Crippen molar-refractivity contribution in [1.29, 1.82) is 0 Å². The van der Waals surface area contributed by atoms with Gasteiger partial charge in [-0.25, -0.2) is 0 Å². The molecule has 0 unspecified atom stereocenters. The van der Waals surface area contributed by atoms with Crippen molar-refractivity contribution in [3.63, 3.8) is 0 Å². The van der Waals surface area contributed by atoms with Gasteiger partial charge in [-0.05, 0) is 45.3 Å². The van der Waals surface area contributed by atoms with Crippen molar-refractivity contribution in [2.24, 2.45) is 0 Å². The molecule has 0 aliphatic heterocycles. The van der Waals surface area contributed by atoms with Crippen LogP contribution in [0, 0.1) is 6.92 Å². The number of anilines is 2. The molecule has 1 heterocycles. The number of ether oxygens (including phenoxy) is 1.